The number of halogens is 2. The molecular weight excluding hydrogens is 500 g/mol. The third-order valence-corrected chi connectivity index (χ3v) is 7.66. The van der Waals surface area contributed by atoms with Crippen LogP contribution in [-0.4, -0.2) is 28.6 Å². The van der Waals surface area contributed by atoms with Gasteiger partial charge in [0, 0.05) is 8.95 Å². The Labute approximate surface area is 176 Å². The summed E-state index contributed by atoms with van der Waals surface area (Å²) in [5, 5.41) is 0. The highest BCUT2D eigenvalue weighted by atomic mass is 79.9. The normalized spacial score (nSPS) is 11.5. The quantitative estimate of drug-likeness (QED) is 0.508. The van der Waals surface area contributed by atoms with Gasteiger partial charge >= 0.3 is 5.97 Å². The molecule has 0 heterocycles. The third-order valence-electron chi connectivity index (χ3n) is 4.04. The van der Waals surface area contributed by atoms with E-state index in [0.717, 1.165) is 5.56 Å². The average Bonchev–Trinajstić information content (AvgIpc) is 2.59. The van der Waals surface area contributed by atoms with E-state index in [4.69, 9.17) is 4.74 Å². The molecule has 0 saturated carbocycles. The molecule has 27 heavy (non-hydrogen) atoms. The fourth-order valence-electron chi connectivity index (χ4n) is 2.66. The Morgan fingerprint density at radius 2 is 1.67 bits per heavy atom. The van der Waals surface area contributed by atoms with Crippen LogP contribution in [0.5, 0.6) is 5.75 Å². The summed E-state index contributed by atoms with van der Waals surface area (Å²) in [7, 11) is -0.933. The molecule has 0 N–H and O–H groups in total. The van der Waals surface area contributed by atoms with Gasteiger partial charge in [0.05, 0.1) is 25.5 Å². The van der Waals surface area contributed by atoms with Gasteiger partial charge in [-0.2, -0.15) is 0 Å². The molecule has 0 fully saturated rings. The van der Waals surface area contributed by atoms with Crippen LogP contribution in [0.3, 0.4) is 0 Å². The number of ether oxygens (including phenoxy) is 2. The number of sulfone groups is 1. The van der Waals surface area contributed by atoms with Gasteiger partial charge in [-0.05, 0) is 79.2 Å². The molecule has 0 spiro atoms. The van der Waals surface area contributed by atoms with E-state index in [9.17, 15) is 13.2 Å². The summed E-state index contributed by atoms with van der Waals surface area (Å²) in [6, 6.07) is 8.06. The fourth-order valence-corrected chi connectivity index (χ4v) is 6.61. The van der Waals surface area contributed by atoms with Gasteiger partial charge in [-0.15, -0.1) is 0 Å². The number of hydrogen-bond donors (Lipinski definition) is 0. The van der Waals surface area contributed by atoms with Crippen molar-refractivity contribution in [3.05, 3.63) is 50.4 Å². The molecular formula is C19H20Br2O5S. The number of hydrogen-bond acceptors (Lipinski definition) is 5. The number of carbonyl (C=O) groups excluding carboxylic acids is 1. The first-order valence-corrected chi connectivity index (χ1v) is 11.2. The second-order valence-corrected chi connectivity index (χ2v) is 9.80. The van der Waals surface area contributed by atoms with Crippen LogP contribution in [0.15, 0.2) is 49.1 Å². The molecule has 0 aliphatic carbocycles. The zero-order chi connectivity index (χ0) is 20.4. The standard InChI is InChI=1S/C19H20Br2O5S/c1-11(2)14-10-13(5-6-17(14)25-3)27(23,24)19-15(20)7-12(8-16(19)21)9-18(22)26-4/h5-8,10-11H,9H2,1-4H3. The Morgan fingerprint density at radius 3 is 2.15 bits per heavy atom. The molecule has 0 atom stereocenters. The number of rotatable bonds is 6. The summed E-state index contributed by atoms with van der Waals surface area (Å²) in [6.45, 7) is 3.95. The maximum atomic E-state index is 13.2. The van der Waals surface area contributed by atoms with Crippen LogP contribution < -0.4 is 4.74 Å². The van der Waals surface area contributed by atoms with E-state index < -0.39 is 15.8 Å². The molecule has 0 saturated heterocycles. The summed E-state index contributed by atoms with van der Waals surface area (Å²) >= 11 is 6.67. The van der Waals surface area contributed by atoms with Gasteiger partial charge in [-0.3, -0.25) is 4.79 Å². The zero-order valence-electron chi connectivity index (χ0n) is 15.4. The molecule has 0 amide bonds. The molecule has 0 aliphatic heterocycles. The van der Waals surface area contributed by atoms with E-state index in [-0.39, 0.29) is 22.1 Å². The molecule has 2 aromatic carbocycles. The fraction of sp³-hybridized carbons (Fsp3) is 0.316. The zero-order valence-corrected chi connectivity index (χ0v) is 19.4. The second kappa shape index (κ2) is 8.75. The first-order chi connectivity index (χ1) is 12.6. The van der Waals surface area contributed by atoms with Crippen LogP contribution in [0.2, 0.25) is 0 Å². The topological polar surface area (TPSA) is 69.7 Å². The Hall–Kier alpha value is -1.38. The van der Waals surface area contributed by atoms with Gasteiger partial charge in [-0.25, -0.2) is 8.42 Å². The Bertz CT molecular complexity index is 945. The van der Waals surface area contributed by atoms with Gasteiger partial charge in [0.25, 0.3) is 0 Å². The molecule has 8 heteroatoms. The predicted octanol–water partition coefficient (Wildman–Crippen LogP) is 4.89. The van der Waals surface area contributed by atoms with E-state index >= 15 is 0 Å². The first kappa shape index (κ1) is 21.9. The minimum absolute atomic E-state index is 0.0497. The lowest BCUT2D eigenvalue weighted by Gasteiger charge is -2.15. The monoisotopic (exact) mass is 518 g/mol. The molecule has 2 rings (SSSR count). The molecule has 146 valence electrons. The van der Waals surface area contributed by atoms with Gasteiger partial charge < -0.3 is 9.47 Å². The minimum Gasteiger partial charge on any atom is -0.496 e. The number of methoxy groups -OCH3 is 2. The average molecular weight is 520 g/mol. The lowest BCUT2D eigenvalue weighted by molar-refractivity contribution is -0.139. The molecule has 0 aliphatic rings. The highest BCUT2D eigenvalue weighted by molar-refractivity contribution is 9.11. The van der Waals surface area contributed by atoms with Gasteiger partial charge in [0.2, 0.25) is 9.84 Å². The van der Waals surface area contributed by atoms with E-state index in [1.54, 1.807) is 31.4 Å². The SMILES string of the molecule is COC(=O)Cc1cc(Br)c(S(=O)(=O)c2ccc(OC)c(C(C)C)c2)c(Br)c1. The van der Waals surface area contributed by atoms with Crippen molar-refractivity contribution >= 4 is 47.7 Å². The minimum atomic E-state index is -3.80. The molecule has 5 nitrogen and oxygen atoms in total. The first-order valence-electron chi connectivity index (χ1n) is 8.09. The van der Waals surface area contributed by atoms with E-state index in [0.29, 0.717) is 20.3 Å². The Kier molecular flexibility index (Phi) is 7.10. The summed E-state index contributed by atoms with van der Waals surface area (Å²) in [5.41, 5.74) is 1.45. The van der Waals surface area contributed by atoms with Crippen molar-refractivity contribution < 1.29 is 22.7 Å². The van der Waals surface area contributed by atoms with Crippen molar-refractivity contribution in [1.82, 2.24) is 0 Å². The van der Waals surface area contributed by atoms with Gasteiger partial charge in [-0.1, -0.05) is 13.8 Å². The van der Waals surface area contributed by atoms with E-state index in [1.807, 2.05) is 13.8 Å². The lowest BCUT2D eigenvalue weighted by Crippen LogP contribution is -2.08. The summed E-state index contributed by atoms with van der Waals surface area (Å²) in [5.74, 6) is 0.348. The van der Waals surface area contributed by atoms with Crippen molar-refractivity contribution in [2.45, 2.75) is 36.0 Å². The number of carbonyl (C=O) groups is 1. The van der Waals surface area contributed by atoms with Crippen molar-refractivity contribution in [3.8, 4) is 5.75 Å². The summed E-state index contributed by atoms with van der Waals surface area (Å²) in [6.07, 6.45) is 0.0497. The summed E-state index contributed by atoms with van der Waals surface area (Å²) in [4.78, 5) is 11.8. The highest BCUT2D eigenvalue weighted by Gasteiger charge is 2.26. The van der Waals surface area contributed by atoms with E-state index in [1.165, 1.54) is 13.2 Å². The smallest absolute Gasteiger partial charge is 0.309 e. The van der Waals surface area contributed by atoms with Crippen LogP contribution in [0, 0.1) is 0 Å². The van der Waals surface area contributed by atoms with Crippen LogP contribution in [0.1, 0.15) is 30.9 Å². The molecule has 0 bridgehead atoms. The predicted molar refractivity (Wildman–Crippen MR) is 110 cm³/mol. The van der Waals surface area contributed by atoms with Crippen LogP contribution in [-0.2, 0) is 25.8 Å². The largest absolute Gasteiger partial charge is 0.496 e. The van der Waals surface area contributed by atoms with E-state index in [2.05, 4.69) is 36.6 Å². The molecule has 0 radical (unpaired) electrons. The Balaban J connectivity index is 2.57. The van der Waals surface area contributed by atoms with Gasteiger partial charge in [0.15, 0.2) is 0 Å². The van der Waals surface area contributed by atoms with Crippen LogP contribution >= 0.6 is 31.9 Å². The van der Waals surface area contributed by atoms with Crippen LogP contribution in [0.25, 0.3) is 0 Å². The second-order valence-electron chi connectivity index (χ2n) is 6.20. The van der Waals surface area contributed by atoms with Crippen molar-refractivity contribution in [1.29, 1.82) is 0 Å². The van der Waals surface area contributed by atoms with Gasteiger partial charge in [0.1, 0.15) is 10.6 Å². The van der Waals surface area contributed by atoms with Crippen molar-refractivity contribution in [2.24, 2.45) is 0 Å². The number of esters is 1. The highest BCUT2D eigenvalue weighted by Crippen LogP contribution is 2.37. The Morgan fingerprint density at radius 1 is 1.07 bits per heavy atom. The number of benzene rings is 2. The maximum Gasteiger partial charge on any atom is 0.309 e. The third kappa shape index (κ3) is 4.73. The maximum absolute atomic E-state index is 13.2. The summed E-state index contributed by atoms with van der Waals surface area (Å²) < 4.78 is 37.2. The molecule has 2 aromatic rings. The van der Waals surface area contributed by atoms with Crippen LogP contribution in [0.4, 0.5) is 0 Å². The molecule has 0 unspecified atom stereocenters. The lowest BCUT2D eigenvalue weighted by atomic mass is 10.0. The van der Waals surface area contributed by atoms with Crippen molar-refractivity contribution in [3.63, 3.8) is 0 Å². The van der Waals surface area contributed by atoms with Crippen molar-refractivity contribution in [2.75, 3.05) is 14.2 Å². The molecule has 0 aromatic heterocycles.